The lowest BCUT2D eigenvalue weighted by atomic mass is 10.2. The van der Waals surface area contributed by atoms with Crippen LogP contribution in [0.1, 0.15) is 5.56 Å². The van der Waals surface area contributed by atoms with Gasteiger partial charge in [-0.1, -0.05) is 0 Å². The molecule has 0 saturated carbocycles. The number of nitrogens with two attached hydrogens (primary N) is 1. The standard InChI is InChI=1S/C12H22N4O3/c1-15-7-10(6-14-15)8-16(4-5-18-2)12(17)11(13)9-19-3/h6-7,11H,4-5,8-9,13H2,1-3H3/t11-/m0/s1. The van der Waals surface area contributed by atoms with Crippen LogP contribution in [0.15, 0.2) is 12.4 Å². The van der Waals surface area contributed by atoms with Gasteiger partial charge < -0.3 is 20.1 Å². The van der Waals surface area contributed by atoms with Gasteiger partial charge in [0.2, 0.25) is 5.91 Å². The summed E-state index contributed by atoms with van der Waals surface area (Å²) in [6.45, 7) is 1.62. The Morgan fingerprint density at radius 2 is 2.26 bits per heavy atom. The third-order valence-corrected chi connectivity index (χ3v) is 2.67. The van der Waals surface area contributed by atoms with Gasteiger partial charge in [0.1, 0.15) is 6.04 Å². The van der Waals surface area contributed by atoms with Crippen molar-refractivity contribution in [2.24, 2.45) is 12.8 Å². The molecule has 0 unspecified atom stereocenters. The van der Waals surface area contributed by atoms with Gasteiger partial charge in [-0.25, -0.2) is 0 Å². The van der Waals surface area contributed by atoms with Gasteiger partial charge in [0.05, 0.1) is 19.4 Å². The van der Waals surface area contributed by atoms with Gasteiger partial charge in [-0.2, -0.15) is 5.10 Å². The molecule has 0 radical (unpaired) electrons. The Balaban J connectivity index is 2.67. The Kier molecular flexibility index (Phi) is 6.48. The second kappa shape index (κ2) is 7.88. The third-order valence-electron chi connectivity index (χ3n) is 2.67. The summed E-state index contributed by atoms with van der Waals surface area (Å²) in [6.07, 6.45) is 3.60. The number of aryl methyl sites for hydroxylation is 1. The maximum absolute atomic E-state index is 12.2. The maximum Gasteiger partial charge on any atom is 0.242 e. The van der Waals surface area contributed by atoms with E-state index in [1.165, 1.54) is 7.11 Å². The van der Waals surface area contributed by atoms with Crippen molar-refractivity contribution in [1.82, 2.24) is 14.7 Å². The largest absolute Gasteiger partial charge is 0.383 e. The average molecular weight is 270 g/mol. The summed E-state index contributed by atoms with van der Waals surface area (Å²) in [6, 6.07) is -0.654. The van der Waals surface area contributed by atoms with Crippen molar-refractivity contribution < 1.29 is 14.3 Å². The Hall–Kier alpha value is -1.44. The van der Waals surface area contributed by atoms with E-state index >= 15 is 0 Å². The summed E-state index contributed by atoms with van der Waals surface area (Å²) in [5.74, 6) is -0.150. The number of carbonyl (C=O) groups is 1. The number of hydrogen-bond donors (Lipinski definition) is 1. The molecular weight excluding hydrogens is 248 g/mol. The Morgan fingerprint density at radius 1 is 1.53 bits per heavy atom. The molecule has 7 nitrogen and oxygen atoms in total. The predicted molar refractivity (Wildman–Crippen MR) is 70.4 cm³/mol. The van der Waals surface area contributed by atoms with Crippen molar-refractivity contribution in [2.75, 3.05) is 34.0 Å². The van der Waals surface area contributed by atoms with Gasteiger partial charge in [0.25, 0.3) is 0 Å². The van der Waals surface area contributed by atoms with E-state index in [0.717, 1.165) is 5.56 Å². The minimum atomic E-state index is -0.654. The SMILES string of the molecule is COCCN(Cc1cnn(C)c1)C(=O)[C@@H](N)COC. The van der Waals surface area contributed by atoms with E-state index in [2.05, 4.69) is 5.10 Å². The normalized spacial score (nSPS) is 12.4. The van der Waals surface area contributed by atoms with Gasteiger partial charge in [0.15, 0.2) is 0 Å². The fourth-order valence-electron chi connectivity index (χ4n) is 1.73. The molecule has 0 aromatic carbocycles. The van der Waals surface area contributed by atoms with Crippen LogP contribution in [-0.4, -0.2) is 60.6 Å². The molecule has 1 atom stereocenters. The first-order valence-electron chi connectivity index (χ1n) is 6.08. The second-order valence-corrected chi connectivity index (χ2v) is 4.34. The summed E-state index contributed by atoms with van der Waals surface area (Å²) < 4.78 is 11.6. The maximum atomic E-state index is 12.2. The minimum absolute atomic E-state index is 0.150. The van der Waals surface area contributed by atoms with Crippen molar-refractivity contribution in [3.05, 3.63) is 18.0 Å². The second-order valence-electron chi connectivity index (χ2n) is 4.34. The number of rotatable bonds is 8. The minimum Gasteiger partial charge on any atom is -0.383 e. The molecular formula is C12H22N4O3. The lowest BCUT2D eigenvalue weighted by molar-refractivity contribution is -0.135. The first-order valence-corrected chi connectivity index (χ1v) is 6.08. The molecule has 0 fully saturated rings. The summed E-state index contributed by atoms with van der Waals surface area (Å²) >= 11 is 0. The monoisotopic (exact) mass is 270 g/mol. The first kappa shape index (κ1) is 15.6. The zero-order chi connectivity index (χ0) is 14.3. The van der Waals surface area contributed by atoms with Crippen LogP contribution in [0.5, 0.6) is 0 Å². The Morgan fingerprint density at radius 3 is 2.79 bits per heavy atom. The molecule has 19 heavy (non-hydrogen) atoms. The van der Waals surface area contributed by atoms with Crippen LogP contribution < -0.4 is 5.73 Å². The van der Waals surface area contributed by atoms with E-state index in [9.17, 15) is 4.79 Å². The summed E-state index contributed by atoms with van der Waals surface area (Å²) in [5.41, 5.74) is 6.74. The van der Waals surface area contributed by atoms with Crippen LogP contribution in [0.25, 0.3) is 0 Å². The average Bonchev–Trinajstić information content (AvgIpc) is 2.79. The van der Waals surface area contributed by atoms with E-state index in [4.69, 9.17) is 15.2 Å². The molecule has 108 valence electrons. The summed E-state index contributed by atoms with van der Waals surface area (Å²) in [7, 11) is 4.96. The number of aromatic nitrogens is 2. The van der Waals surface area contributed by atoms with Crippen molar-refractivity contribution in [3.63, 3.8) is 0 Å². The molecule has 1 amide bonds. The summed E-state index contributed by atoms with van der Waals surface area (Å²) in [5, 5.41) is 4.08. The van der Waals surface area contributed by atoms with Crippen molar-refractivity contribution in [3.8, 4) is 0 Å². The van der Waals surface area contributed by atoms with Gasteiger partial charge >= 0.3 is 0 Å². The highest BCUT2D eigenvalue weighted by atomic mass is 16.5. The van der Waals surface area contributed by atoms with Gasteiger partial charge in [-0.15, -0.1) is 0 Å². The van der Waals surface area contributed by atoms with Crippen molar-refractivity contribution in [2.45, 2.75) is 12.6 Å². The van der Waals surface area contributed by atoms with Gasteiger partial charge in [-0.3, -0.25) is 9.48 Å². The molecule has 1 aromatic heterocycles. The quantitative estimate of drug-likeness (QED) is 0.680. The molecule has 1 aromatic rings. The van der Waals surface area contributed by atoms with E-state index in [1.807, 2.05) is 13.2 Å². The molecule has 0 spiro atoms. The zero-order valence-electron chi connectivity index (χ0n) is 11.7. The van der Waals surface area contributed by atoms with Crippen LogP contribution in [0, 0.1) is 0 Å². The van der Waals surface area contributed by atoms with E-state index in [-0.39, 0.29) is 12.5 Å². The van der Waals surface area contributed by atoms with Gasteiger partial charge in [0, 0.05) is 46.1 Å². The third kappa shape index (κ3) is 4.98. The molecule has 1 rings (SSSR count). The highest BCUT2D eigenvalue weighted by molar-refractivity contribution is 5.81. The zero-order valence-corrected chi connectivity index (χ0v) is 11.7. The van der Waals surface area contributed by atoms with E-state index in [0.29, 0.717) is 19.7 Å². The summed E-state index contributed by atoms with van der Waals surface area (Å²) in [4.78, 5) is 13.8. The Bertz CT molecular complexity index is 394. The lowest BCUT2D eigenvalue weighted by Crippen LogP contribution is -2.46. The molecule has 7 heteroatoms. The molecule has 0 saturated heterocycles. The molecule has 0 aliphatic rings. The highest BCUT2D eigenvalue weighted by Crippen LogP contribution is 2.05. The number of hydrogen-bond acceptors (Lipinski definition) is 5. The Labute approximate surface area is 113 Å². The fourth-order valence-corrected chi connectivity index (χ4v) is 1.73. The van der Waals surface area contributed by atoms with Gasteiger partial charge in [-0.05, 0) is 0 Å². The number of ether oxygens (including phenoxy) is 2. The van der Waals surface area contributed by atoms with Crippen molar-refractivity contribution in [1.29, 1.82) is 0 Å². The number of methoxy groups -OCH3 is 2. The van der Waals surface area contributed by atoms with Crippen LogP contribution in [0.3, 0.4) is 0 Å². The van der Waals surface area contributed by atoms with E-state index in [1.54, 1.807) is 22.9 Å². The smallest absolute Gasteiger partial charge is 0.242 e. The van der Waals surface area contributed by atoms with Crippen LogP contribution >= 0.6 is 0 Å². The number of carbonyl (C=O) groups excluding carboxylic acids is 1. The van der Waals surface area contributed by atoms with E-state index < -0.39 is 6.04 Å². The first-order chi connectivity index (χ1) is 9.08. The topological polar surface area (TPSA) is 82.6 Å². The number of nitrogens with zero attached hydrogens (tertiary/aromatic N) is 3. The van der Waals surface area contributed by atoms with Crippen molar-refractivity contribution >= 4 is 5.91 Å². The number of amides is 1. The predicted octanol–water partition coefficient (Wildman–Crippen LogP) is -0.631. The molecule has 1 heterocycles. The van der Waals surface area contributed by atoms with Crippen LogP contribution in [0.2, 0.25) is 0 Å². The lowest BCUT2D eigenvalue weighted by Gasteiger charge is -2.24. The molecule has 2 N–H and O–H groups in total. The molecule has 0 aliphatic heterocycles. The highest BCUT2D eigenvalue weighted by Gasteiger charge is 2.21. The molecule has 0 bridgehead atoms. The fraction of sp³-hybridized carbons (Fsp3) is 0.667. The molecule has 0 aliphatic carbocycles. The van der Waals surface area contributed by atoms with Crippen LogP contribution in [-0.2, 0) is 27.9 Å². The van der Waals surface area contributed by atoms with Crippen LogP contribution in [0.4, 0.5) is 0 Å².